The summed E-state index contributed by atoms with van der Waals surface area (Å²) in [7, 11) is 1.63. The number of nitrogens with one attached hydrogen (secondary N) is 1. The van der Waals surface area contributed by atoms with Crippen molar-refractivity contribution in [1.82, 2.24) is 15.2 Å². The first-order valence-corrected chi connectivity index (χ1v) is 8.11. The van der Waals surface area contributed by atoms with Crippen LogP contribution in [0.4, 0.5) is 5.95 Å². The first kappa shape index (κ1) is 17.3. The van der Waals surface area contributed by atoms with Crippen molar-refractivity contribution in [3.8, 4) is 17.0 Å². The number of nitrogens with zero attached hydrogens (tertiary/aromatic N) is 4. The molecule has 0 bridgehead atoms. The van der Waals surface area contributed by atoms with Gasteiger partial charge >= 0.3 is 0 Å². The van der Waals surface area contributed by atoms with Crippen LogP contribution in [0.5, 0.6) is 5.75 Å². The quantitative estimate of drug-likeness (QED) is 0.539. The Morgan fingerprint density at radius 3 is 2.58 bits per heavy atom. The fourth-order valence-electron chi connectivity index (χ4n) is 2.29. The van der Waals surface area contributed by atoms with E-state index in [1.165, 1.54) is 0 Å². The van der Waals surface area contributed by atoms with E-state index in [0.29, 0.717) is 11.6 Å². The van der Waals surface area contributed by atoms with Crippen molar-refractivity contribution >= 4 is 18.2 Å². The Balaban J connectivity index is 1.67. The van der Waals surface area contributed by atoms with Gasteiger partial charge in [0.25, 0.3) is 5.95 Å². The van der Waals surface area contributed by atoms with E-state index >= 15 is 0 Å². The van der Waals surface area contributed by atoms with E-state index in [1.807, 2.05) is 67.6 Å². The Kier molecular flexibility index (Phi) is 5.67. The smallest absolute Gasteiger partial charge is 0.263 e. The van der Waals surface area contributed by atoms with Gasteiger partial charge in [-0.15, -0.1) is 5.10 Å². The van der Waals surface area contributed by atoms with Crippen LogP contribution in [0.3, 0.4) is 0 Å². The van der Waals surface area contributed by atoms with Gasteiger partial charge in [-0.1, -0.05) is 36.4 Å². The maximum Gasteiger partial charge on any atom is 0.263 e. The van der Waals surface area contributed by atoms with Gasteiger partial charge < -0.3 is 4.74 Å². The summed E-state index contributed by atoms with van der Waals surface area (Å²) in [5.74, 6) is 1.13. The summed E-state index contributed by atoms with van der Waals surface area (Å²) >= 11 is 0. The van der Waals surface area contributed by atoms with E-state index in [0.717, 1.165) is 22.4 Å². The van der Waals surface area contributed by atoms with Crippen LogP contribution >= 0.6 is 0 Å². The highest BCUT2D eigenvalue weighted by molar-refractivity contribution is 5.85. The highest BCUT2D eigenvalue weighted by Gasteiger charge is 2.03. The molecule has 0 atom stereocenters. The molecule has 0 aliphatic rings. The van der Waals surface area contributed by atoms with Crippen LogP contribution in [0.2, 0.25) is 0 Å². The Morgan fingerprint density at radius 1 is 1.08 bits per heavy atom. The lowest BCUT2D eigenvalue weighted by atomic mass is 10.1. The number of hydrogen-bond donors (Lipinski definition) is 1. The van der Waals surface area contributed by atoms with Gasteiger partial charge in [0.15, 0.2) is 0 Å². The van der Waals surface area contributed by atoms with Crippen LogP contribution in [0, 0.1) is 0 Å². The van der Waals surface area contributed by atoms with Gasteiger partial charge in [-0.2, -0.15) is 10.2 Å². The fourth-order valence-corrected chi connectivity index (χ4v) is 2.29. The minimum atomic E-state index is 0.335. The molecular formula is C20H19N5O. The van der Waals surface area contributed by atoms with Crippen molar-refractivity contribution in [3.05, 3.63) is 71.9 Å². The van der Waals surface area contributed by atoms with E-state index < -0.39 is 0 Å². The zero-order valence-corrected chi connectivity index (χ0v) is 14.6. The highest BCUT2D eigenvalue weighted by Crippen LogP contribution is 2.20. The summed E-state index contributed by atoms with van der Waals surface area (Å²) < 4.78 is 5.16. The molecule has 1 heterocycles. The SMILES string of the molecule is COc1ccc(-c2cnnc(N/N=C/C(C)=C/c3ccccc3)n2)cc1. The van der Waals surface area contributed by atoms with Crippen LogP contribution in [0.25, 0.3) is 17.3 Å². The second-order valence-corrected chi connectivity index (χ2v) is 5.56. The summed E-state index contributed by atoms with van der Waals surface area (Å²) in [6.07, 6.45) is 5.37. The van der Waals surface area contributed by atoms with E-state index in [4.69, 9.17) is 4.74 Å². The highest BCUT2D eigenvalue weighted by atomic mass is 16.5. The molecule has 6 heteroatoms. The number of ether oxygens (including phenoxy) is 1. The van der Waals surface area contributed by atoms with Gasteiger partial charge in [-0.25, -0.2) is 10.4 Å². The molecule has 130 valence electrons. The molecule has 0 aliphatic carbocycles. The molecule has 0 amide bonds. The molecule has 6 nitrogen and oxygen atoms in total. The number of allylic oxidation sites excluding steroid dienone is 1. The summed E-state index contributed by atoms with van der Waals surface area (Å²) in [5, 5.41) is 12.1. The first-order valence-electron chi connectivity index (χ1n) is 8.11. The lowest BCUT2D eigenvalue weighted by molar-refractivity contribution is 0.415. The largest absolute Gasteiger partial charge is 0.497 e. The average molecular weight is 345 g/mol. The summed E-state index contributed by atoms with van der Waals surface area (Å²) in [5.41, 5.74) is 6.57. The topological polar surface area (TPSA) is 72.3 Å². The normalized spacial score (nSPS) is 11.5. The number of benzene rings is 2. The Labute approximate surface area is 152 Å². The van der Waals surface area contributed by atoms with Crippen molar-refractivity contribution in [3.63, 3.8) is 0 Å². The zero-order chi connectivity index (χ0) is 18.2. The summed E-state index contributed by atoms with van der Waals surface area (Å²) in [6.45, 7) is 1.98. The van der Waals surface area contributed by atoms with Crippen LogP contribution in [-0.2, 0) is 0 Å². The molecule has 0 aliphatic heterocycles. The van der Waals surface area contributed by atoms with Gasteiger partial charge in [0.1, 0.15) is 5.75 Å². The standard InChI is InChI=1S/C20H19N5O/c1-15(12-16-6-4-3-5-7-16)13-21-24-20-23-19(14-22-25-20)17-8-10-18(26-2)11-9-17/h3-14H,1-2H3,(H,23,24,25)/b15-12+,21-13+. The second kappa shape index (κ2) is 8.53. The maximum absolute atomic E-state index is 5.16. The third-order valence-electron chi connectivity index (χ3n) is 3.57. The molecule has 0 saturated heterocycles. The average Bonchev–Trinajstić information content (AvgIpc) is 2.69. The van der Waals surface area contributed by atoms with Crippen molar-refractivity contribution in [2.75, 3.05) is 12.5 Å². The number of hydrogen-bond acceptors (Lipinski definition) is 6. The van der Waals surface area contributed by atoms with Gasteiger partial charge in [-0.3, -0.25) is 0 Å². The van der Waals surface area contributed by atoms with Gasteiger partial charge in [-0.05, 0) is 42.3 Å². The van der Waals surface area contributed by atoms with Gasteiger partial charge in [0, 0.05) is 5.56 Å². The number of aromatic nitrogens is 3. The molecule has 0 radical (unpaired) electrons. The number of methoxy groups -OCH3 is 1. The first-order chi connectivity index (χ1) is 12.7. The minimum Gasteiger partial charge on any atom is -0.497 e. The lowest BCUT2D eigenvalue weighted by Gasteiger charge is -2.04. The van der Waals surface area contributed by atoms with Crippen molar-refractivity contribution in [2.45, 2.75) is 6.92 Å². The minimum absolute atomic E-state index is 0.335. The molecule has 1 aromatic heterocycles. The molecule has 1 N–H and O–H groups in total. The Morgan fingerprint density at radius 2 is 1.85 bits per heavy atom. The molecule has 0 spiro atoms. The molecule has 0 fully saturated rings. The molecule has 26 heavy (non-hydrogen) atoms. The van der Waals surface area contributed by atoms with Crippen LogP contribution in [0.1, 0.15) is 12.5 Å². The van der Waals surface area contributed by atoms with Crippen molar-refractivity contribution in [1.29, 1.82) is 0 Å². The van der Waals surface area contributed by atoms with Crippen LogP contribution < -0.4 is 10.2 Å². The van der Waals surface area contributed by atoms with Crippen LogP contribution in [0.15, 0.2) is 71.5 Å². The third kappa shape index (κ3) is 4.73. The molecule has 0 unspecified atom stereocenters. The van der Waals surface area contributed by atoms with Crippen molar-refractivity contribution < 1.29 is 4.74 Å². The number of anilines is 1. The number of rotatable bonds is 6. The van der Waals surface area contributed by atoms with Crippen molar-refractivity contribution in [2.24, 2.45) is 5.10 Å². The predicted molar refractivity (Wildman–Crippen MR) is 104 cm³/mol. The molecule has 3 rings (SSSR count). The summed E-state index contributed by atoms with van der Waals surface area (Å²) in [6, 6.07) is 17.7. The Bertz CT molecular complexity index is 905. The Hall–Kier alpha value is -3.54. The molecule has 3 aromatic rings. The molecule has 2 aromatic carbocycles. The number of hydrazone groups is 1. The van der Waals surface area contributed by atoms with E-state index in [2.05, 4.69) is 25.7 Å². The fraction of sp³-hybridized carbons (Fsp3) is 0.100. The second-order valence-electron chi connectivity index (χ2n) is 5.56. The zero-order valence-electron chi connectivity index (χ0n) is 14.6. The molecular weight excluding hydrogens is 326 g/mol. The van der Waals surface area contributed by atoms with E-state index in [1.54, 1.807) is 19.5 Å². The van der Waals surface area contributed by atoms with Crippen LogP contribution in [-0.4, -0.2) is 28.5 Å². The molecule has 0 saturated carbocycles. The lowest BCUT2D eigenvalue weighted by Crippen LogP contribution is -2.00. The van der Waals surface area contributed by atoms with Gasteiger partial charge in [0.05, 0.1) is 25.2 Å². The maximum atomic E-state index is 5.16. The van der Waals surface area contributed by atoms with E-state index in [-0.39, 0.29) is 0 Å². The third-order valence-corrected chi connectivity index (χ3v) is 3.57. The summed E-state index contributed by atoms with van der Waals surface area (Å²) in [4.78, 5) is 4.42. The van der Waals surface area contributed by atoms with Gasteiger partial charge in [0.2, 0.25) is 0 Å². The van der Waals surface area contributed by atoms with E-state index in [9.17, 15) is 0 Å². The monoisotopic (exact) mass is 345 g/mol. The predicted octanol–water partition coefficient (Wildman–Crippen LogP) is 4.05.